The minimum Gasteiger partial charge on any atom is -0.480 e. The van der Waals surface area contributed by atoms with Crippen molar-refractivity contribution in [1.29, 1.82) is 0 Å². The highest BCUT2D eigenvalue weighted by atomic mass is 16.4. The zero-order valence-electron chi connectivity index (χ0n) is 19.0. The molecule has 1 aromatic carbocycles. The van der Waals surface area contributed by atoms with Gasteiger partial charge in [-0.1, -0.05) is 30.3 Å². The summed E-state index contributed by atoms with van der Waals surface area (Å²) in [5, 5.41) is 25.4. The van der Waals surface area contributed by atoms with E-state index in [0.29, 0.717) is 5.56 Å². The van der Waals surface area contributed by atoms with E-state index in [-0.39, 0.29) is 6.42 Å². The largest absolute Gasteiger partial charge is 0.480 e. The van der Waals surface area contributed by atoms with Crippen LogP contribution in [-0.4, -0.2) is 76.0 Å². The third-order valence-corrected chi connectivity index (χ3v) is 4.80. The molecule has 14 nitrogen and oxygen atoms in total. The van der Waals surface area contributed by atoms with Crippen LogP contribution in [0.4, 0.5) is 0 Å². The van der Waals surface area contributed by atoms with Crippen molar-refractivity contribution in [3.8, 4) is 0 Å². The van der Waals surface area contributed by atoms with Gasteiger partial charge < -0.3 is 43.4 Å². The van der Waals surface area contributed by atoms with E-state index in [0.717, 1.165) is 0 Å². The lowest BCUT2D eigenvalue weighted by Gasteiger charge is -2.25. The first-order chi connectivity index (χ1) is 16.3. The molecule has 5 atom stereocenters. The molecule has 0 radical (unpaired) electrons. The van der Waals surface area contributed by atoms with Crippen molar-refractivity contribution in [3.05, 3.63) is 35.9 Å². The molecule has 1 rings (SSSR count). The van der Waals surface area contributed by atoms with Gasteiger partial charge in [-0.3, -0.25) is 24.0 Å². The number of primary amides is 2. The van der Waals surface area contributed by atoms with Gasteiger partial charge in [-0.2, -0.15) is 0 Å². The Morgan fingerprint density at radius 1 is 0.800 bits per heavy atom. The van der Waals surface area contributed by atoms with E-state index < -0.39 is 78.6 Å². The Labute approximate surface area is 200 Å². The first kappa shape index (κ1) is 29.0. The van der Waals surface area contributed by atoms with Crippen molar-refractivity contribution in [3.63, 3.8) is 0 Å². The summed E-state index contributed by atoms with van der Waals surface area (Å²) in [4.78, 5) is 71.9. The summed E-state index contributed by atoms with van der Waals surface area (Å²) in [5.41, 5.74) is 16.4. The van der Waals surface area contributed by atoms with E-state index in [9.17, 15) is 39.0 Å². The predicted molar refractivity (Wildman–Crippen MR) is 121 cm³/mol. The standard InChI is InChI=1S/C21H30N6O8/c1-10(28)17(24)20(33)26-12(7-11-5-3-2-4-6-11)18(31)25-13(8-15(22)29)19(32)27-14(21(34)35)9-16(23)30/h2-6,10,12-14,17,28H,7-9,24H2,1H3,(H2,22,29)(H2,23,30)(H,25,31)(H,26,33)(H,27,32)(H,34,35). The second-order valence-electron chi connectivity index (χ2n) is 7.82. The van der Waals surface area contributed by atoms with Gasteiger partial charge in [-0.05, 0) is 12.5 Å². The molecule has 5 amide bonds. The number of aliphatic hydroxyl groups is 1. The number of carboxylic acid groups (broad SMARTS) is 1. The SMILES string of the molecule is CC(O)C(N)C(=O)NC(Cc1ccccc1)C(=O)NC(CC(N)=O)C(=O)NC(CC(N)=O)C(=O)O. The molecule has 5 unspecified atom stereocenters. The molecule has 0 saturated carbocycles. The summed E-state index contributed by atoms with van der Waals surface area (Å²) in [5.74, 6) is -6.44. The maximum atomic E-state index is 13.0. The van der Waals surface area contributed by atoms with E-state index >= 15 is 0 Å². The number of carboxylic acids is 1. The molecule has 0 aliphatic rings. The number of nitrogens with one attached hydrogen (secondary N) is 3. The Morgan fingerprint density at radius 2 is 1.26 bits per heavy atom. The number of aliphatic hydroxyl groups excluding tert-OH is 1. The van der Waals surface area contributed by atoms with Gasteiger partial charge in [0.05, 0.1) is 18.9 Å². The molecule has 0 fully saturated rings. The molecule has 0 spiro atoms. The second-order valence-corrected chi connectivity index (χ2v) is 7.82. The van der Waals surface area contributed by atoms with Crippen LogP contribution in [0, 0.1) is 0 Å². The number of carbonyl (C=O) groups excluding carboxylic acids is 5. The predicted octanol–water partition coefficient (Wildman–Crippen LogP) is -3.77. The van der Waals surface area contributed by atoms with Crippen LogP contribution in [0.3, 0.4) is 0 Å². The molecule has 0 saturated heterocycles. The number of hydrogen-bond donors (Lipinski definition) is 8. The van der Waals surface area contributed by atoms with Crippen molar-refractivity contribution in [2.75, 3.05) is 0 Å². The number of aliphatic carboxylic acids is 1. The Bertz CT molecular complexity index is 939. The first-order valence-electron chi connectivity index (χ1n) is 10.5. The van der Waals surface area contributed by atoms with Gasteiger partial charge in [0.15, 0.2) is 0 Å². The van der Waals surface area contributed by atoms with Crippen LogP contribution < -0.4 is 33.2 Å². The summed E-state index contributed by atoms with van der Waals surface area (Å²) < 4.78 is 0. The van der Waals surface area contributed by atoms with E-state index in [2.05, 4.69) is 10.6 Å². The zero-order valence-corrected chi connectivity index (χ0v) is 19.0. The highest BCUT2D eigenvalue weighted by Gasteiger charge is 2.32. The normalized spacial score (nSPS) is 14.9. The van der Waals surface area contributed by atoms with Crippen LogP contribution in [0.25, 0.3) is 0 Å². The van der Waals surface area contributed by atoms with E-state index in [1.807, 2.05) is 5.32 Å². The lowest BCUT2D eigenvalue weighted by atomic mass is 10.0. The molecule has 0 aromatic heterocycles. The highest BCUT2D eigenvalue weighted by Crippen LogP contribution is 2.06. The molecule has 0 heterocycles. The van der Waals surface area contributed by atoms with Gasteiger partial charge in [0, 0.05) is 6.42 Å². The molecule has 1 aromatic rings. The van der Waals surface area contributed by atoms with Gasteiger partial charge in [-0.15, -0.1) is 0 Å². The molecular formula is C21H30N6O8. The van der Waals surface area contributed by atoms with Gasteiger partial charge in [0.25, 0.3) is 0 Å². The molecule has 11 N–H and O–H groups in total. The van der Waals surface area contributed by atoms with Crippen molar-refractivity contribution in [2.45, 2.75) is 56.5 Å². The van der Waals surface area contributed by atoms with Crippen LogP contribution >= 0.6 is 0 Å². The Morgan fingerprint density at radius 3 is 1.74 bits per heavy atom. The number of nitrogens with two attached hydrogens (primary N) is 3. The van der Waals surface area contributed by atoms with E-state index in [1.54, 1.807) is 30.3 Å². The molecular weight excluding hydrogens is 464 g/mol. The highest BCUT2D eigenvalue weighted by molar-refractivity contribution is 5.96. The summed E-state index contributed by atoms with van der Waals surface area (Å²) >= 11 is 0. The fraction of sp³-hybridized carbons (Fsp3) is 0.429. The molecule has 0 aliphatic heterocycles. The zero-order chi connectivity index (χ0) is 26.7. The minimum absolute atomic E-state index is 0.0463. The Hall–Kier alpha value is -4.04. The fourth-order valence-electron chi connectivity index (χ4n) is 2.90. The summed E-state index contributed by atoms with van der Waals surface area (Å²) in [6.45, 7) is 1.29. The monoisotopic (exact) mass is 494 g/mol. The van der Waals surface area contributed by atoms with Crippen molar-refractivity contribution >= 4 is 35.5 Å². The topological polar surface area (TPSA) is 257 Å². The van der Waals surface area contributed by atoms with Crippen molar-refractivity contribution in [1.82, 2.24) is 16.0 Å². The van der Waals surface area contributed by atoms with Crippen LogP contribution in [0.1, 0.15) is 25.3 Å². The maximum absolute atomic E-state index is 13.0. The average Bonchev–Trinajstić information content (AvgIpc) is 2.76. The Balaban J connectivity index is 3.12. The molecule has 0 aliphatic carbocycles. The van der Waals surface area contributed by atoms with Gasteiger partial charge in [-0.25, -0.2) is 4.79 Å². The average molecular weight is 495 g/mol. The third-order valence-electron chi connectivity index (χ3n) is 4.80. The third kappa shape index (κ3) is 10.2. The van der Waals surface area contributed by atoms with Gasteiger partial charge >= 0.3 is 5.97 Å². The lowest BCUT2D eigenvalue weighted by Crippen LogP contribution is -2.59. The van der Waals surface area contributed by atoms with Gasteiger partial charge in [0.1, 0.15) is 24.2 Å². The molecule has 0 bridgehead atoms. The van der Waals surface area contributed by atoms with Crippen LogP contribution in [0.15, 0.2) is 30.3 Å². The number of amides is 5. The number of benzene rings is 1. The van der Waals surface area contributed by atoms with Crippen molar-refractivity contribution in [2.24, 2.45) is 17.2 Å². The smallest absolute Gasteiger partial charge is 0.326 e. The second kappa shape index (κ2) is 13.6. The number of rotatable bonds is 14. The summed E-state index contributed by atoms with van der Waals surface area (Å²) in [6.07, 6.45) is -2.71. The molecule has 14 heteroatoms. The van der Waals surface area contributed by atoms with Crippen LogP contribution in [0.5, 0.6) is 0 Å². The Kier molecular flexibility index (Phi) is 11.3. The fourth-order valence-corrected chi connectivity index (χ4v) is 2.90. The van der Waals surface area contributed by atoms with E-state index in [4.69, 9.17) is 17.2 Å². The quantitative estimate of drug-likeness (QED) is 0.126. The summed E-state index contributed by atoms with van der Waals surface area (Å²) in [6, 6.07) is 2.50. The first-order valence-corrected chi connectivity index (χ1v) is 10.5. The number of carbonyl (C=O) groups is 6. The molecule has 35 heavy (non-hydrogen) atoms. The maximum Gasteiger partial charge on any atom is 0.326 e. The molecule has 192 valence electrons. The van der Waals surface area contributed by atoms with Crippen molar-refractivity contribution < 1.29 is 39.0 Å². The lowest BCUT2D eigenvalue weighted by molar-refractivity contribution is -0.144. The van der Waals surface area contributed by atoms with Crippen LogP contribution in [-0.2, 0) is 35.2 Å². The van der Waals surface area contributed by atoms with Gasteiger partial charge in [0.2, 0.25) is 29.5 Å². The van der Waals surface area contributed by atoms with Crippen LogP contribution in [0.2, 0.25) is 0 Å². The van der Waals surface area contributed by atoms with E-state index in [1.165, 1.54) is 6.92 Å². The number of hydrogen-bond acceptors (Lipinski definition) is 8. The summed E-state index contributed by atoms with van der Waals surface area (Å²) in [7, 11) is 0. The minimum atomic E-state index is -1.71.